The summed E-state index contributed by atoms with van der Waals surface area (Å²) in [6.07, 6.45) is 3.53. The number of nitrogens with one attached hydrogen (secondary N) is 1. The van der Waals surface area contributed by atoms with E-state index in [9.17, 15) is 4.79 Å². The maximum atomic E-state index is 11.5. The van der Waals surface area contributed by atoms with E-state index in [1.165, 1.54) is 0 Å². The van der Waals surface area contributed by atoms with Crippen LogP contribution >= 0.6 is 0 Å². The van der Waals surface area contributed by atoms with Gasteiger partial charge in [0.25, 0.3) is 0 Å². The molecule has 3 heteroatoms. The summed E-state index contributed by atoms with van der Waals surface area (Å²) in [6.45, 7) is 7.44. The molecular formula is C16H25NO2. The van der Waals surface area contributed by atoms with Gasteiger partial charge in [-0.05, 0) is 43.0 Å². The van der Waals surface area contributed by atoms with Crippen LogP contribution in [0.4, 0.5) is 5.69 Å². The van der Waals surface area contributed by atoms with Crippen molar-refractivity contribution < 1.29 is 9.53 Å². The van der Waals surface area contributed by atoms with Crippen molar-refractivity contribution in [3.05, 3.63) is 24.3 Å². The van der Waals surface area contributed by atoms with Crippen LogP contribution in [0.25, 0.3) is 0 Å². The molecular weight excluding hydrogens is 238 g/mol. The zero-order chi connectivity index (χ0) is 14.1. The fourth-order valence-electron chi connectivity index (χ4n) is 1.65. The Morgan fingerprint density at radius 3 is 2.53 bits per heavy atom. The molecule has 0 heterocycles. The van der Waals surface area contributed by atoms with Gasteiger partial charge in [0, 0.05) is 18.7 Å². The Bertz CT molecular complexity index is 371. The summed E-state index contributed by atoms with van der Waals surface area (Å²) in [6, 6.07) is 7.56. The number of ether oxygens (including phenoxy) is 1. The molecule has 0 aliphatic rings. The van der Waals surface area contributed by atoms with Crippen LogP contribution in [0.15, 0.2) is 24.3 Å². The molecule has 106 valence electrons. The van der Waals surface area contributed by atoms with Crippen LogP contribution in [0.5, 0.6) is 5.75 Å². The maximum Gasteiger partial charge on any atom is 0.311 e. The molecule has 1 N–H and O–H groups in total. The number of hydrogen-bond acceptors (Lipinski definition) is 3. The average molecular weight is 263 g/mol. The summed E-state index contributed by atoms with van der Waals surface area (Å²) >= 11 is 0. The quantitative estimate of drug-likeness (QED) is 0.563. The molecule has 0 aliphatic heterocycles. The fraction of sp³-hybridized carbons (Fsp3) is 0.562. The van der Waals surface area contributed by atoms with Crippen molar-refractivity contribution in [1.82, 2.24) is 0 Å². The van der Waals surface area contributed by atoms with Crippen molar-refractivity contribution in [2.75, 3.05) is 11.9 Å². The van der Waals surface area contributed by atoms with E-state index < -0.39 is 0 Å². The average Bonchev–Trinajstić information content (AvgIpc) is 2.38. The largest absolute Gasteiger partial charge is 0.427 e. The predicted molar refractivity (Wildman–Crippen MR) is 79.5 cm³/mol. The minimum Gasteiger partial charge on any atom is -0.427 e. The minimum absolute atomic E-state index is 0.151. The Morgan fingerprint density at radius 1 is 1.26 bits per heavy atom. The normalized spacial score (nSPS) is 10.5. The lowest BCUT2D eigenvalue weighted by atomic mass is 10.1. The Balaban J connectivity index is 2.36. The monoisotopic (exact) mass is 263 g/mol. The van der Waals surface area contributed by atoms with Crippen LogP contribution in [0, 0.1) is 5.92 Å². The predicted octanol–water partition coefficient (Wildman–Crippen LogP) is 4.24. The summed E-state index contributed by atoms with van der Waals surface area (Å²) in [7, 11) is 0. The van der Waals surface area contributed by atoms with Crippen molar-refractivity contribution >= 4 is 11.7 Å². The van der Waals surface area contributed by atoms with Crippen molar-refractivity contribution in [1.29, 1.82) is 0 Å². The highest BCUT2D eigenvalue weighted by atomic mass is 16.5. The van der Waals surface area contributed by atoms with Gasteiger partial charge in [-0.25, -0.2) is 0 Å². The van der Waals surface area contributed by atoms with Crippen molar-refractivity contribution in [3.8, 4) is 5.75 Å². The summed E-state index contributed by atoms with van der Waals surface area (Å²) in [5.74, 6) is 1.17. The van der Waals surface area contributed by atoms with Gasteiger partial charge in [0.15, 0.2) is 0 Å². The Morgan fingerprint density at radius 2 is 1.95 bits per heavy atom. The lowest BCUT2D eigenvalue weighted by molar-refractivity contribution is -0.134. The molecule has 0 amide bonds. The third-order valence-corrected chi connectivity index (χ3v) is 2.87. The molecule has 19 heavy (non-hydrogen) atoms. The van der Waals surface area contributed by atoms with Gasteiger partial charge in [-0.15, -0.1) is 0 Å². The Hall–Kier alpha value is -1.51. The van der Waals surface area contributed by atoms with Gasteiger partial charge in [-0.3, -0.25) is 4.79 Å². The highest BCUT2D eigenvalue weighted by molar-refractivity contribution is 5.72. The summed E-state index contributed by atoms with van der Waals surface area (Å²) in [4.78, 5) is 11.5. The summed E-state index contributed by atoms with van der Waals surface area (Å²) in [5.41, 5.74) is 1.06. The second-order valence-corrected chi connectivity index (χ2v) is 5.21. The van der Waals surface area contributed by atoms with E-state index >= 15 is 0 Å². The summed E-state index contributed by atoms with van der Waals surface area (Å²) < 4.78 is 5.25. The molecule has 1 rings (SSSR count). The number of carbonyl (C=O) groups is 1. The molecule has 0 fully saturated rings. The molecule has 0 atom stereocenters. The number of unbranched alkanes of at least 4 members (excludes halogenated alkanes) is 1. The molecule has 0 unspecified atom stereocenters. The smallest absolute Gasteiger partial charge is 0.311 e. The van der Waals surface area contributed by atoms with Crippen molar-refractivity contribution in [2.24, 2.45) is 5.92 Å². The SMILES string of the molecule is CCCCC(=O)Oc1ccc(NCCC(C)C)cc1. The third kappa shape index (κ3) is 6.85. The van der Waals surface area contributed by atoms with E-state index in [2.05, 4.69) is 26.1 Å². The Labute approximate surface area is 116 Å². The molecule has 1 aromatic rings. The molecule has 1 aromatic carbocycles. The molecule has 0 spiro atoms. The minimum atomic E-state index is -0.151. The van der Waals surface area contributed by atoms with Crippen LogP contribution in [-0.2, 0) is 4.79 Å². The van der Waals surface area contributed by atoms with E-state index in [0.717, 1.165) is 31.5 Å². The molecule has 0 saturated heterocycles. The zero-order valence-corrected chi connectivity index (χ0v) is 12.2. The van der Waals surface area contributed by atoms with Gasteiger partial charge in [-0.2, -0.15) is 0 Å². The zero-order valence-electron chi connectivity index (χ0n) is 12.2. The van der Waals surface area contributed by atoms with Gasteiger partial charge in [0.1, 0.15) is 5.75 Å². The van der Waals surface area contributed by atoms with E-state index in [4.69, 9.17) is 4.74 Å². The first-order valence-electron chi connectivity index (χ1n) is 7.16. The molecule has 3 nitrogen and oxygen atoms in total. The second-order valence-electron chi connectivity index (χ2n) is 5.21. The number of carbonyl (C=O) groups excluding carboxylic acids is 1. The molecule has 0 saturated carbocycles. The van der Waals surface area contributed by atoms with Crippen LogP contribution in [0.3, 0.4) is 0 Å². The van der Waals surface area contributed by atoms with Gasteiger partial charge in [0.2, 0.25) is 0 Å². The van der Waals surface area contributed by atoms with E-state index in [1.54, 1.807) is 0 Å². The van der Waals surface area contributed by atoms with Crippen LogP contribution < -0.4 is 10.1 Å². The van der Waals surface area contributed by atoms with Gasteiger partial charge < -0.3 is 10.1 Å². The topological polar surface area (TPSA) is 38.3 Å². The van der Waals surface area contributed by atoms with E-state index in [1.807, 2.05) is 24.3 Å². The van der Waals surface area contributed by atoms with E-state index in [-0.39, 0.29) is 5.97 Å². The first kappa shape index (κ1) is 15.5. The molecule has 0 radical (unpaired) electrons. The second kappa shape index (κ2) is 8.57. The van der Waals surface area contributed by atoms with Crippen LogP contribution in [-0.4, -0.2) is 12.5 Å². The third-order valence-electron chi connectivity index (χ3n) is 2.87. The molecule has 0 aromatic heterocycles. The number of benzene rings is 1. The van der Waals surface area contributed by atoms with Crippen molar-refractivity contribution in [3.63, 3.8) is 0 Å². The Kier molecular flexibility index (Phi) is 7.01. The standard InChI is InChI=1S/C16H25NO2/c1-4-5-6-16(18)19-15-9-7-14(8-10-15)17-12-11-13(2)3/h7-10,13,17H,4-6,11-12H2,1-3H3. The highest BCUT2D eigenvalue weighted by Crippen LogP contribution is 2.16. The van der Waals surface area contributed by atoms with Gasteiger partial charge in [0.05, 0.1) is 0 Å². The first-order chi connectivity index (χ1) is 9.11. The maximum absolute atomic E-state index is 11.5. The number of esters is 1. The number of anilines is 1. The summed E-state index contributed by atoms with van der Waals surface area (Å²) in [5, 5.41) is 3.35. The van der Waals surface area contributed by atoms with Crippen LogP contribution in [0.2, 0.25) is 0 Å². The molecule has 0 bridgehead atoms. The molecule has 0 aliphatic carbocycles. The van der Waals surface area contributed by atoms with Gasteiger partial charge in [-0.1, -0.05) is 27.2 Å². The lowest BCUT2D eigenvalue weighted by Gasteiger charge is -2.09. The van der Waals surface area contributed by atoms with Gasteiger partial charge >= 0.3 is 5.97 Å². The van der Waals surface area contributed by atoms with E-state index in [0.29, 0.717) is 18.1 Å². The number of hydrogen-bond donors (Lipinski definition) is 1. The lowest BCUT2D eigenvalue weighted by Crippen LogP contribution is -2.07. The van der Waals surface area contributed by atoms with Crippen molar-refractivity contribution in [2.45, 2.75) is 46.5 Å². The first-order valence-corrected chi connectivity index (χ1v) is 7.16. The highest BCUT2D eigenvalue weighted by Gasteiger charge is 2.03. The van der Waals surface area contributed by atoms with Crippen LogP contribution in [0.1, 0.15) is 46.5 Å². The number of rotatable bonds is 8. The fourth-order valence-corrected chi connectivity index (χ4v) is 1.65.